The van der Waals surface area contributed by atoms with Gasteiger partial charge in [0.05, 0.1) is 5.69 Å². The molecule has 0 saturated carbocycles. The highest BCUT2D eigenvalue weighted by molar-refractivity contribution is 5.51. The summed E-state index contributed by atoms with van der Waals surface area (Å²) in [6.07, 6.45) is -4.79. The molecule has 4 nitrogen and oxygen atoms in total. The molecule has 84 valence electrons. The maximum Gasteiger partial charge on any atom is 0.574 e. The fourth-order valence-corrected chi connectivity index (χ4v) is 1.04. The molecule has 0 aliphatic heterocycles. The molecule has 0 aliphatic carbocycles. The van der Waals surface area contributed by atoms with Crippen LogP contribution in [0.15, 0.2) is 6.07 Å². The van der Waals surface area contributed by atoms with E-state index in [1.165, 1.54) is 13.0 Å². The Bertz CT molecular complexity index is 365. The molecular formula is C8H10F3N3O. The van der Waals surface area contributed by atoms with Gasteiger partial charge in [-0.25, -0.2) is 4.98 Å². The molecule has 0 saturated heterocycles. The van der Waals surface area contributed by atoms with E-state index in [9.17, 15) is 13.2 Å². The minimum Gasteiger partial charge on any atom is -0.394 e. The zero-order valence-electron chi connectivity index (χ0n) is 7.93. The molecule has 4 N–H and O–H groups in total. The van der Waals surface area contributed by atoms with Crippen molar-refractivity contribution >= 4 is 5.69 Å². The minimum absolute atomic E-state index is 0.162. The van der Waals surface area contributed by atoms with Crippen LogP contribution in [0, 0.1) is 6.92 Å². The SMILES string of the molecule is Cc1nc(OC(F)(F)F)c(N)cc1CN. The zero-order chi connectivity index (χ0) is 11.6. The molecule has 7 heteroatoms. The number of nitrogens with zero attached hydrogens (tertiary/aromatic N) is 1. The van der Waals surface area contributed by atoms with Crippen molar-refractivity contribution in [2.75, 3.05) is 5.73 Å². The monoisotopic (exact) mass is 221 g/mol. The first-order chi connectivity index (χ1) is 6.83. The van der Waals surface area contributed by atoms with E-state index in [0.717, 1.165) is 0 Å². The summed E-state index contributed by atoms with van der Waals surface area (Å²) in [4.78, 5) is 3.58. The fraction of sp³-hybridized carbons (Fsp3) is 0.375. The first-order valence-electron chi connectivity index (χ1n) is 4.05. The minimum atomic E-state index is -4.79. The Labute approximate surface area is 84.0 Å². The van der Waals surface area contributed by atoms with E-state index in [1.54, 1.807) is 0 Å². The van der Waals surface area contributed by atoms with Gasteiger partial charge in [-0.05, 0) is 18.6 Å². The van der Waals surface area contributed by atoms with Crippen molar-refractivity contribution in [2.45, 2.75) is 19.8 Å². The van der Waals surface area contributed by atoms with Crippen LogP contribution in [0.25, 0.3) is 0 Å². The molecule has 1 rings (SSSR count). The van der Waals surface area contributed by atoms with E-state index in [-0.39, 0.29) is 12.2 Å². The molecule has 0 aliphatic rings. The molecule has 0 aromatic carbocycles. The van der Waals surface area contributed by atoms with Crippen molar-refractivity contribution in [3.63, 3.8) is 0 Å². The van der Waals surface area contributed by atoms with Crippen molar-refractivity contribution in [1.29, 1.82) is 0 Å². The predicted molar refractivity (Wildman–Crippen MR) is 48.0 cm³/mol. The van der Waals surface area contributed by atoms with Crippen LogP contribution in [0.2, 0.25) is 0 Å². The molecular weight excluding hydrogens is 211 g/mol. The molecule has 0 amide bonds. The number of halogens is 3. The Balaban J connectivity index is 3.05. The van der Waals surface area contributed by atoms with E-state index in [0.29, 0.717) is 11.3 Å². The summed E-state index contributed by atoms with van der Waals surface area (Å²) in [5.41, 5.74) is 11.4. The van der Waals surface area contributed by atoms with E-state index in [4.69, 9.17) is 11.5 Å². The van der Waals surface area contributed by atoms with Gasteiger partial charge in [0.25, 0.3) is 0 Å². The second-order valence-electron chi connectivity index (χ2n) is 2.88. The molecule has 1 heterocycles. The van der Waals surface area contributed by atoms with E-state index in [2.05, 4.69) is 9.72 Å². The van der Waals surface area contributed by atoms with Gasteiger partial charge in [-0.3, -0.25) is 0 Å². The highest BCUT2D eigenvalue weighted by Crippen LogP contribution is 2.27. The highest BCUT2D eigenvalue weighted by atomic mass is 19.4. The summed E-state index contributed by atoms with van der Waals surface area (Å²) in [6.45, 7) is 1.69. The Hall–Kier alpha value is -1.50. The van der Waals surface area contributed by atoms with Gasteiger partial charge in [-0.1, -0.05) is 0 Å². The number of alkyl halides is 3. The third-order valence-corrected chi connectivity index (χ3v) is 1.74. The largest absolute Gasteiger partial charge is 0.574 e. The predicted octanol–water partition coefficient (Wildman–Crippen LogP) is 1.33. The number of aromatic nitrogens is 1. The Morgan fingerprint density at radius 2 is 2.07 bits per heavy atom. The quantitative estimate of drug-likeness (QED) is 0.790. The first-order valence-corrected chi connectivity index (χ1v) is 4.05. The lowest BCUT2D eigenvalue weighted by molar-refractivity contribution is -0.275. The fourth-order valence-electron chi connectivity index (χ4n) is 1.04. The van der Waals surface area contributed by atoms with E-state index < -0.39 is 12.2 Å². The molecule has 0 fully saturated rings. The summed E-state index contributed by atoms with van der Waals surface area (Å²) in [5.74, 6) is -0.641. The standard InChI is InChI=1S/C8H10F3N3O/c1-4-5(3-12)2-6(13)7(14-4)15-8(9,10)11/h2H,3,12-13H2,1H3. The summed E-state index contributed by atoms with van der Waals surface area (Å²) < 4.78 is 39.3. The second-order valence-corrected chi connectivity index (χ2v) is 2.88. The summed E-state index contributed by atoms with van der Waals surface area (Å²) in [5, 5.41) is 0. The molecule has 0 unspecified atom stereocenters. The van der Waals surface area contributed by atoms with Crippen molar-refractivity contribution in [2.24, 2.45) is 5.73 Å². The first kappa shape index (κ1) is 11.6. The molecule has 1 aromatic rings. The molecule has 0 atom stereocenters. The van der Waals surface area contributed by atoms with Gasteiger partial charge in [0.1, 0.15) is 0 Å². The third-order valence-electron chi connectivity index (χ3n) is 1.74. The number of nitrogens with two attached hydrogens (primary N) is 2. The van der Waals surface area contributed by atoms with Gasteiger partial charge in [0.2, 0.25) is 5.88 Å². The zero-order valence-corrected chi connectivity index (χ0v) is 7.93. The second kappa shape index (κ2) is 3.93. The Morgan fingerprint density at radius 3 is 2.53 bits per heavy atom. The lowest BCUT2D eigenvalue weighted by Gasteiger charge is -2.12. The Kier molecular flexibility index (Phi) is 3.04. The normalized spacial score (nSPS) is 11.5. The van der Waals surface area contributed by atoms with Crippen LogP contribution in [0.4, 0.5) is 18.9 Å². The van der Waals surface area contributed by atoms with Gasteiger partial charge < -0.3 is 16.2 Å². The number of aryl methyl sites for hydroxylation is 1. The average molecular weight is 221 g/mol. The summed E-state index contributed by atoms with van der Waals surface area (Å²) in [7, 11) is 0. The van der Waals surface area contributed by atoms with Crippen LogP contribution >= 0.6 is 0 Å². The van der Waals surface area contributed by atoms with Gasteiger partial charge >= 0.3 is 6.36 Å². The number of ether oxygens (including phenoxy) is 1. The average Bonchev–Trinajstić information content (AvgIpc) is 2.08. The number of anilines is 1. The van der Waals surface area contributed by atoms with Crippen molar-refractivity contribution in [3.8, 4) is 5.88 Å². The van der Waals surface area contributed by atoms with Gasteiger partial charge in [-0.15, -0.1) is 13.2 Å². The maximum atomic E-state index is 11.9. The lowest BCUT2D eigenvalue weighted by Crippen LogP contribution is -2.19. The van der Waals surface area contributed by atoms with E-state index >= 15 is 0 Å². The molecule has 1 aromatic heterocycles. The lowest BCUT2D eigenvalue weighted by atomic mass is 10.2. The molecule has 0 spiro atoms. The van der Waals surface area contributed by atoms with Crippen LogP contribution < -0.4 is 16.2 Å². The summed E-state index contributed by atoms with van der Waals surface area (Å²) >= 11 is 0. The van der Waals surface area contributed by atoms with Gasteiger partial charge in [0.15, 0.2) is 0 Å². The van der Waals surface area contributed by atoms with Crippen LogP contribution in [-0.4, -0.2) is 11.3 Å². The molecule has 0 radical (unpaired) electrons. The number of hydrogen-bond donors (Lipinski definition) is 2. The van der Waals surface area contributed by atoms with Crippen molar-refractivity contribution in [3.05, 3.63) is 17.3 Å². The van der Waals surface area contributed by atoms with Gasteiger partial charge in [0, 0.05) is 12.2 Å². The van der Waals surface area contributed by atoms with Crippen molar-refractivity contribution < 1.29 is 17.9 Å². The van der Waals surface area contributed by atoms with Crippen LogP contribution in [-0.2, 0) is 6.54 Å². The van der Waals surface area contributed by atoms with Crippen LogP contribution in [0.5, 0.6) is 5.88 Å². The Morgan fingerprint density at radius 1 is 1.47 bits per heavy atom. The highest BCUT2D eigenvalue weighted by Gasteiger charge is 2.32. The van der Waals surface area contributed by atoms with E-state index in [1.807, 2.05) is 0 Å². The maximum absolute atomic E-state index is 11.9. The van der Waals surface area contributed by atoms with Crippen LogP contribution in [0.1, 0.15) is 11.3 Å². The number of hydrogen-bond acceptors (Lipinski definition) is 4. The topological polar surface area (TPSA) is 74.2 Å². The number of rotatable bonds is 2. The number of nitrogen functional groups attached to an aromatic ring is 1. The van der Waals surface area contributed by atoms with Crippen molar-refractivity contribution in [1.82, 2.24) is 4.98 Å². The van der Waals surface area contributed by atoms with Gasteiger partial charge in [-0.2, -0.15) is 0 Å². The van der Waals surface area contributed by atoms with Crippen LogP contribution in [0.3, 0.4) is 0 Å². The molecule has 0 bridgehead atoms. The third kappa shape index (κ3) is 2.98. The number of pyridine rings is 1. The smallest absolute Gasteiger partial charge is 0.394 e. The molecule has 15 heavy (non-hydrogen) atoms. The summed E-state index contributed by atoms with van der Waals surface area (Å²) in [6, 6.07) is 1.32.